The number of rotatable bonds is 3. The first-order valence-corrected chi connectivity index (χ1v) is 9.08. The molecule has 1 saturated carbocycles. The van der Waals surface area contributed by atoms with E-state index in [0.29, 0.717) is 0 Å². The smallest absolute Gasteiger partial charge is 0.227 e. The molecule has 1 saturated heterocycles. The first-order valence-electron chi connectivity index (χ1n) is 8.26. The number of nitrogens with one attached hydrogen (secondary N) is 1. The summed E-state index contributed by atoms with van der Waals surface area (Å²) in [6.45, 7) is 2.23. The van der Waals surface area contributed by atoms with Crippen LogP contribution in [0.15, 0.2) is 18.2 Å². The van der Waals surface area contributed by atoms with Gasteiger partial charge < -0.3 is 10.2 Å². The van der Waals surface area contributed by atoms with Gasteiger partial charge in [-0.05, 0) is 43.9 Å². The molecule has 1 amide bonds. The van der Waals surface area contributed by atoms with Gasteiger partial charge in [-0.2, -0.15) is 0 Å². The van der Waals surface area contributed by atoms with Crippen LogP contribution in [0.4, 0.5) is 10.8 Å². The van der Waals surface area contributed by atoms with Crippen LogP contribution in [0, 0.1) is 5.92 Å². The molecule has 22 heavy (non-hydrogen) atoms. The summed E-state index contributed by atoms with van der Waals surface area (Å²) in [7, 11) is 0. The lowest BCUT2D eigenvalue weighted by Crippen LogP contribution is -2.20. The predicted molar refractivity (Wildman–Crippen MR) is 91.7 cm³/mol. The van der Waals surface area contributed by atoms with E-state index < -0.39 is 0 Å². The second-order valence-electron chi connectivity index (χ2n) is 6.34. The second-order valence-corrected chi connectivity index (χ2v) is 7.35. The summed E-state index contributed by atoms with van der Waals surface area (Å²) in [5.74, 6) is 0.387. The molecule has 0 unspecified atom stereocenters. The first-order chi connectivity index (χ1) is 10.8. The Labute approximate surface area is 134 Å². The van der Waals surface area contributed by atoms with Gasteiger partial charge in [-0.1, -0.05) is 24.2 Å². The van der Waals surface area contributed by atoms with E-state index in [1.165, 1.54) is 25.7 Å². The molecule has 1 aliphatic carbocycles. The lowest BCUT2D eigenvalue weighted by atomic mass is 10.1. The monoisotopic (exact) mass is 315 g/mol. The SMILES string of the molecule is O=C(Nc1ccc2nc(N3CCCC3)sc2c1)C1CCCC1. The summed E-state index contributed by atoms with van der Waals surface area (Å²) in [6.07, 6.45) is 6.97. The third kappa shape index (κ3) is 2.70. The normalized spacial score (nSPS) is 19.2. The summed E-state index contributed by atoms with van der Waals surface area (Å²) in [4.78, 5) is 19.3. The molecule has 1 N–H and O–H groups in total. The van der Waals surface area contributed by atoms with Gasteiger partial charge in [0.15, 0.2) is 5.13 Å². The Morgan fingerprint density at radius 3 is 2.73 bits per heavy atom. The van der Waals surface area contributed by atoms with Crippen molar-refractivity contribution in [3.8, 4) is 0 Å². The molecule has 116 valence electrons. The van der Waals surface area contributed by atoms with E-state index in [-0.39, 0.29) is 11.8 Å². The van der Waals surface area contributed by atoms with E-state index >= 15 is 0 Å². The maximum absolute atomic E-state index is 12.2. The number of fused-ring (bicyclic) bond motifs is 1. The van der Waals surface area contributed by atoms with Gasteiger partial charge in [-0.3, -0.25) is 4.79 Å². The minimum absolute atomic E-state index is 0.182. The van der Waals surface area contributed by atoms with Gasteiger partial charge in [0.25, 0.3) is 0 Å². The molecule has 2 heterocycles. The number of hydrogen-bond acceptors (Lipinski definition) is 4. The quantitative estimate of drug-likeness (QED) is 0.930. The van der Waals surface area contributed by atoms with Crippen LogP contribution in [0.2, 0.25) is 0 Å². The van der Waals surface area contributed by atoms with Crippen molar-refractivity contribution in [1.82, 2.24) is 4.98 Å². The molecule has 5 heteroatoms. The number of anilines is 2. The van der Waals surface area contributed by atoms with E-state index in [1.807, 2.05) is 12.1 Å². The van der Waals surface area contributed by atoms with E-state index in [1.54, 1.807) is 11.3 Å². The van der Waals surface area contributed by atoms with Crippen LogP contribution in [-0.4, -0.2) is 24.0 Å². The summed E-state index contributed by atoms with van der Waals surface area (Å²) >= 11 is 1.73. The number of aromatic nitrogens is 1. The Kier molecular flexibility index (Phi) is 3.74. The fraction of sp³-hybridized carbons (Fsp3) is 0.529. The maximum Gasteiger partial charge on any atom is 0.227 e. The lowest BCUT2D eigenvalue weighted by molar-refractivity contribution is -0.119. The molecule has 0 atom stereocenters. The van der Waals surface area contributed by atoms with Gasteiger partial charge in [0.1, 0.15) is 0 Å². The first kappa shape index (κ1) is 14.0. The Morgan fingerprint density at radius 2 is 1.95 bits per heavy atom. The molecule has 1 aliphatic heterocycles. The van der Waals surface area contributed by atoms with Gasteiger partial charge in [0.05, 0.1) is 10.2 Å². The number of carbonyl (C=O) groups is 1. The standard InChI is InChI=1S/C17H21N3OS/c21-16(12-5-1-2-6-12)18-13-7-8-14-15(11-13)22-17(19-14)20-9-3-4-10-20/h7-8,11-12H,1-6,9-10H2,(H,18,21). The summed E-state index contributed by atoms with van der Waals surface area (Å²) < 4.78 is 1.16. The second kappa shape index (κ2) is 5.88. The van der Waals surface area contributed by atoms with Crippen LogP contribution < -0.4 is 10.2 Å². The number of amides is 1. The molecule has 1 aromatic carbocycles. The van der Waals surface area contributed by atoms with Gasteiger partial charge in [0, 0.05) is 24.7 Å². The summed E-state index contributed by atoms with van der Waals surface area (Å²) in [5.41, 5.74) is 1.94. The van der Waals surface area contributed by atoms with Crippen LogP contribution in [0.3, 0.4) is 0 Å². The van der Waals surface area contributed by atoms with Crippen molar-refractivity contribution in [2.45, 2.75) is 38.5 Å². The van der Waals surface area contributed by atoms with Crippen molar-refractivity contribution < 1.29 is 4.79 Å². The molecule has 0 radical (unpaired) electrons. The van der Waals surface area contributed by atoms with Gasteiger partial charge in [-0.15, -0.1) is 0 Å². The fourth-order valence-corrected chi connectivity index (χ4v) is 4.52. The topological polar surface area (TPSA) is 45.2 Å². The molecular weight excluding hydrogens is 294 g/mol. The molecule has 0 spiro atoms. The van der Waals surface area contributed by atoms with Gasteiger partial charge in [0.2, 0.25) is 5.91 Å². The van der Waals surface area contributed by atoms with Gasteiger partial charge in [-0.25, -0.2) is 4.98 Å². The summed E-state index contributed by atoms with van der Waals surface area (Å²) in [6, 6.07) is 6.07. The van der Waals surface area contributed by atoms with Crippen LogP contribution >= 0.6 is 11.3 Å². The molecule has 2 aromatic rings. The van der Waals surface area contributed by atoms with E-state index in [9.17, 15) is 4.79 Å². The van der Waals surface area contributed by atoms with Crippen LogP contribution in [-0.2, 0) is 4.79 Å². The van der Waals surface area contributed by atoms with E-state index in [4.69, 9.17) is 4.98 Å². The number of nitrogens with zero attached hydrogens (tertiary/aromatic N) is 2. The Balaban J connectivity index is 1.53. The molecule has 1 aromatic heterocycles. The van der Waals surface area contributed by atoms with Crippen molar-refractivity contribution in [1.29, 1.82) is 0 Å². The lowest BCUT2D eigenvalue weighted by Gasteiger charge is -2.11. The highest BCUT2D eigenvalue weighted by molar-refractivity contribution is 7.22. The Hall–Kier alpha value is -1.62. The van der Waals surface area contributed by atoms with Crippen molar-refractivity contribution in [2.24, 2.45) is 5.92 Å². The third-order valence-corrected chi connectivity index (χ3v) is 5.83. The van der Waals surface area contributed by atoms with Crippen LogP contribution in [0.25, 0.3) is 10.2 Å². The average Bonchev–Trinajstić information content (AvgIpc) is 3.26. The van der Waals surface area contributed by atoms with E-state index in [0.717, 1.165) is 47.0 Å². The Morgan fingerprint density at radius 1 is 1.18 bits per heavy atom. The fourth-order valence-electron chi connectivity index (χ4n) is 3.47. The zero-order valence-electron chi connectivity index (χ0n) is 12.7. The number of hydrogen-bond donors (Lipinski definition) is 1. The van der Waals surface area contributed by atoms with Gasteiger partial charge >= 0.3 is 0 Å². The minimum atomic E-state index is 0.182. The predicted octanol–water partition coefficient (Wildman–Crippen LogP) is 4.03. The van der Waals surface area contributed by atoms with Crippen molar-refractivity contribution >= 4 is 38.3 Å². The molecule has 0 bridgehead atoms. The third-order valence-electron chi connectivity index (χ3n) is 4.75. The molecule has 4 rings (SSSR count). The molecule has 2 aliphatic rings. The van der Waals surface area contributed by atoms with Crippen molar-refractivity contribution in [3.63, 3.8) is 0 Å². The van der Waals surface area contributed by atoms with Crippen molar-refractivity contribution in [2.75, 3.05) is 23.3 Å². The largest absolute Gasteiger partial charge is 0.348 e. The Bertz CT molecular complexity index is 684. The highest BCUT2D eigenvalue weighted by atomic mass is 32.1. The minimum Gasteiger partial charge on any atom is -0.348 e. The molecule has 4 nitrogen and oxygen atoms in total. The van der Waals surface area contributed by atoms with Crippen LogP contribution in [0.5, 0.6) is 0 Å². The number of carbonyl (C=O) groups excluding carboxylic acids is 1. The number of benzene rings is 1. The summed E-state index contributed by atoms with van der Waals surface area (Å²) in [5, 5.41) is 4.20. The van der Waals surface area contributed by atoms with E-state index in [2.05, 4.69) is 16.3 Å². The molecular formula is C17H21N3OS. The highest BCUT2D eigenvalue weighted by Crippen LogP contribution is 2.33. The highest BCUT2D eigenvalue weighted by Gasteiger charge is 2.23. The molecule has 2 fully saturated rings. The average molecular weight is 315 g/mol. The zero-order chi connectivity index (χ0) is 14.9. The van der Waals surface area contributed by atoms with Crippen molar-refractivity contribution in [3.05, 3.63) is 18.2 Å². The van der Waals surface area contributed by atoms with Crippen LogP contribution in [0.1, 0.15) is 38.5 Å². The number of thiazole rings is 1. The zero-order valence-corrected chi connectivity index (χ0v) is 13.5. The maximum atomic E-state index is 12.2.